The number of esters is 1. The number of anilines is 1. The second-order valence-electron chi connectivity index (χ2n) is 7.33. The molecule has 0 aliphatic carbocycles. The fourth-order valence-electron chi connectivity index (χ4n) is 3.63. The zero-order chi connectivity index (χ0) is 23.3. The fourth-order valence-corrected chi connectivity index (χ4v) is 4.48. The number of methoxy groups -OCH3 is 1. The summed E-state index contributed by atoms with van der Waals surface area (Å²) in [7, 11) is 1.21. The monoisotopic (exact) mass is 449 g/mol. The maximum absolute atomic E-state index is 12.9. The van der Waals surface area contributed by atoms with Crippen LogP contribution in [0.2, 0.25) is 0 Å². The Morgan fingerprint density at radius 1 is 1.12 bits per heavy atom. The number of hydrogen-bond acceptors (Lipinski definition) is 6. The number of thioether (sulfide) groups is 1. The zero-order valence-electron chi connectivity index (χ0n) is 18.0. The summed E-state index contributed by atoms with van der Waals surface area (Å²) in [5.74, 6) is -3.56. The molecule has 2 amide bonds. The molecule has 2 aromatic carbocycles. The maximum Gasteiger partial charge on any atom is 0.319 e. The van der Waals surface area contributed by atoms with Gasteiger partial charge in [0.25, 0.3) is 0 Å². The molecule has 7 nitrogen and oxygen atoms in total. The molecule has 0 radical (unpaired) electrons. The topological polar surface area (TPSA) is 108 Å². The Balaban J connectivity index is 1.92. The molecule has 2 aromatic rings. The third kappa shape index (κ3) is 4.84. The van der Waals surface area contributed by atoms with E-state index in [-0.39, 0.29) is 22.3 Å². The van der Waals surface area contributed by atoms with Crippen LogP contribution in [0.1, 0.15) is 22.6 Å². The Hall–Kier alpha value is -3.57. The summed E-state index contributed by atoms with van der Waals surface area (Å²) < 4.78 is 4.85. The first kappa shape index (κ1) is 23.1. The lowest BCUT2D eigenvalue weighted by molar-refractivity contribution is -0.150. The molecule has 0 saturated heterocycles. The summed E-state index contributed by atoms with van der Waals surface area (Å²) in [4.78, 5) is 37.8. The van der Waals surface area contributed by atoms with Crippen molar-refractivity contribution < 1.29 is 19.1 Å². The van der Waals surface area contributed by atoms with Crippen LogP contribution in [0.25, 0.3) is 0 Å². The van der Waals surface area contributed by atoms with E-state index in [1.807, 2.05) is 44.2 Å². The maximum atomic E-state index is 12.9. The Labute approximate surface area is 190 Å². The van der Waals surface area contributed by atoms with E-state index in [9.17, 15) is 19.6 Å². The largest absolute Gasteiger partial charge is 0.468 e. The molecule has 2 atom stereocenters. The van der Waals surface area contributed by atoms with Crippen LogP contribution in [-0.4, -0.2) is 30.6 Å². The van der Waals surface area contributed by atoms with Crippen LogP contribution in [-0.2, 0) is 19.1 Å². The van der Waals surface area contributed by atoms with Crippen molar-refractivity contribution in [2.75, 3.05) is 18.2 Å². The van der Waals surface area contributed by atoms with E-state index in [1.165, 1.54) is 7.11 Å². The van der Waals surface area contributed by atoms with Crippen molar-refractivity contribution in [3.8, 4) is 6.07 Å². The molecule has 0 fully saturated rings. The van der Waals surface area contributed by atoms with Gasteiger partial charge in [-0.25, -0.2) is 0 Å². The first-order chi connectivity index (χ1) is 15.4. The summed E-state index contributed by atoms with van der Waals surface area (Å²) in [5, 5.41) is 15.7. The van der Waals surface area contributed by atoms with Crippen LogP contribution in [0.15, 0.2) is 59.1 Å². The second-order valence-corrected chi connectivity index (χ2v) is 8.32. The molecule has 0 unspecified atom stereocenters. The number of nitriles is 1. The van der Waals surface area contributed by atoms with E-state index < -0.39 is 23.7 Å². The number of para-hydroxylation sites is 1. The first-order valence-corrected chi connectivity index (χ1v) is 10.9. The van der Waals surface area contributed by atoms with Gasteiger partial charge in [-0.1, -0.05) is 54.2 Å². The molecule has 3 rings (SSSR count). The number of carbonyl (C=O) groups is 3. The van der Waals surface area contributed by atoms with Gasteiger partial charge in [0, 0.05) is 11.6 Å². The van der Waals surface area contributed by atoms with Crippen molar-refractivity contribution in [1.82, 2.24) is 5.32 Å². The second kappa shape index (κ2) is 10.2. The minimum absolute atomic E-state index is 0.0154. The Morgan fingerprint density at radius 2 is 1.78 bits per heavy atom. The molecule has 164 valence electrons. The Bertz CT molecular complexity index is 1140. The fraction of sp³-hybridized carbons (Fsp3) is 0.250. The molecular weight excluding hydrogens is 426 g/mol. The van der Waals surface area contributed by atoms with Crippen molar-refractivity contribution in [3.05, 3.63) is 75.8 Å². The molecule has 1 heterocycles. The van der Waals surface area contributed by atoms with Crippen LogP contribution in [0.3, 0.4) is 0 Å². The van der Waals surface area contributed by atoms with Crippen molar-refractivity contribution in [3.63, 3.8) is 0 Å². The summed E-state index contributed by atoms with van der Waals surface area (Å²) in [6, 6.07) is 16.8. The van der Waals surface area contributed by atoms with Gasteiger partial charge in [0.2, 0.25) is 11.8 Å². The molecule has 1 aliphatic heterocycles. The number of carbonyl (C=O) groups excluding carboxylic acids is 3. The van der Waals surface area contributed by atoms with Crippen LogP contribution >= 0.6 is 11.8 Å². The number of allylic oxidation sites excluding steroid dienone is 1. The predicted octanol–water partition coefficient (Wildman–Crippen LogP) is 3.41. The third-order valence-electron chi connectivity index (χ3n) is 5.27. The molecule has 2 N–H and O–H groups in total. The molecule has 8 heteroatoms. The van der Waals surface area contributed by atoms with Crippen molar-refractivity contribution >= 4 is 35.2 Å². The lowest BCUT2D eigenvalue weighted by Gasteiger charge is -2.31. The van der Waals surface area contributed by atoms with Gasteiger partial charge in [0.05, 0.1) is 29.5 Å². The van der Waals surface area contributed by atoms with Gasteiger partial charge in [0.1, 0.15) is 5.92 Å². The summed E-state index contributed by atoms with van der Waals surface area (Å²) in [6.07, 6.45) is 0. The van der Waals surface area contributed by atoms with Gasteiger partial charge in [-0.05, 0) is 36.6 Å². The van der Waals surface area contributed by atoms with Crippen molar-refractivity contribution in [2.45, 2.75) is 19.8 Å². The number of nitrogens with zero attached hydrogens (tertiary/aromatic N) is 1. The van der Waals surface area contributed by atoms with E-state index in [0.29, 0.717) is 11.3 Å². The Kier molecular flexibility index (Phi) is 7.33. The summed E-state index contributed by atoms with van der Waals surface area (Å²) in [5.41, 5.74) is 3.38. The zero-order valence-corrected chi connectivity index (χ0v) is 18.8. The number of amides is 2. The standard InChI is InChI=1S/C24H23N3O4S/c1-14-8-4-6-10-16(14)20-17(12-25)23(27-22(29)21(20)24(30)31-3)32-13-19(28)26-18-11-7-5-9-15(18)2/h4-11,20-21H,13H2,1-3H3,(H,26,28)(H,27,29)/t20-,21-/m1/s1. The van der Waals surface area contributed by atoms with Crippen LogP contribution in [0, 0.1) is 31.1 Å². The van der Waals surface area contributed by atoms with E-state index in [1.54, 1.807) is 18.2 Å². The van der Waals surface area contributed by atoms with Crippen LogP contribution in [0.5, 0.6) is 0 Å². The van der Waals surface area contributed by atoms with E-state index in [0.717, 1.165) is 22.9 Å². The smallest absolute Gasteiger partial charge is 0.319 e. The predicted molar refractivity (Wildman–Crippen MR) is 122 cm³/mol. The number of nitrogens with one attached hydrogen (secondary N) is 2. The van der Waals surface area contributed by atoms with E-state index in [4.69, 9.17) is 4.74 Å². The minimum atomic E-state index is -1.19. The van der Waals surface area contributed by atoms with Crippen LogP contribution < -0.4 is 10.6 Å². The first-order valence-electron chi connectivity index (χ1n) is 9.94. The lowest BCUT2D eigenvalue weighted by atomic mass is 9.77. The molecule has 0 spiro atoms. The minimum Gasteiger partial charge on any atom is -0.468 e. The summed E-state index contributed by atoms with van der Waals surface area (Å²) in [6.45, 7) is 3.74. The lowest BCUT2D eigenvalue weighted by Crippen LogP contribution is -2.44. The van der Waals surface area contributed by atoms with Crippen molar-refractivity contribution in [2.24, 2.45) is 5.92 Å². The SMILES string of the molecule is COC(=O)[C@H]1C(=O)NC(SCC(=O)Nc2ccccc2C)=C(C#N)[C@H]1c1ccccc1C. The van der Waals surface area contributed by atoms with Gasteiger partial charge in [-0.15, -0.1) is 0 Å². The highest BCUT2D eigenvalue weighted by Crippen LogP contribution is 2.41. The Morgan fingerprint density at radius 3 is 2.41 bits per heavy atom. The molecule has 32 heavy (non-hydrogen) atoms. The molecular formula is C24H23N3O4S. The van der Waals surface area contributed by atoms with Gasteiger partial charge >= 0.3 is 5.97 Å². The van der Waals surface area contributed by atoms with Crippen LogP contribution in [0.4, 0.5) is 5.69 Å². The van der Waals surface area contributed by atoms with Gasteiger partial charge < -0.3 is 15.4 Å². The number of ether oxygens (including phenoxy) is 1. The quantitative estimate of drug-likeness (QED) is 0.517. The highest BCUT2D eigenvalue weighted by Gasteiger charge is 2.44. The number of benzene rings is 2. The van der Waals surface area contributed by atoms with Gasteiger partial charge in [-0.2, -0.15) is 5.26 Å². The highest BCUT2D eigenvalue weighted by atomic mass is 32.2. The summed E-state index contributed by atoms with van der Waals surface area (Å²) >= 11 is 1.05. The van der Waals surface area contributed by atoms with E-state index >= 15 is 0 Å². The third-order valence-corrected chi connectivity index (χ3v) is 6.29. The van der Waals surface area contributed by atoms with Gasteiger partial charge in [-0.3, -0.25) is 14.4 Å². The highest BCUT2D eigenvalue weighted by molar-refractivity contribution is 8.03. The number of rotatable bonds is 6. The average Bonchev–Trinajstić information content (AvgIpc) is 2.78. The molecule has 1 aliphatic rings. The molecule has 0 bridgehead atoms. The normalized spacial score (nSPS) is 17.9. The number of aryl methyl sites for hydroxylation is 2. The van der Waals surface area contributed by atoms with Crippen molar-refractivity contribution in [1.29, 1.82) is 5.26 Å². The number of hydrogen-bond donors (Lipinski definition) is 2. The molecule has 0 saturated carbocycles. The van der Waals surface area contributed by atoms with Gasteiger partial charge in [0.15, 0.2) is 0 Å². The average molecular weight is 450 g/mol. The van der Waals surface area contributed by atoms with E-state index in [2.05, 4.69) is 16.7 Å². The molecule has 0 aromatic heterocycles.